The molecule has 0 aliphatic rings. The topological polar surface area (TPSA) is 12.0 Å². The van der Waals surface area contributed by atoms with E-state index >= 15 is 0 Å². The number of aryl methyl sites for hydroxylation is 3. The third-order valence-electron chi connectivity index (χ3n) is 3.85. The predicted octanol–water partition coefficient (Wildman–Crippen LogP) is 5.10. The maximum atomic E-state index is 3.55. The molecular formula is C19H33N. The molecule has 0 spiro atoms. The molecule has 1 rings (SSSR count). The van der Waals surface area contributed by atoms with Crippen molar-refractivity contribution in [1.29, 1.82) is 0 Å². The molecule has 0 heterocycles. The van der Waals surface area contributed by atoms with Crippen LogP contribution < -0.4 is 5.32 Å². The van der Waals surface area contributed by atoms with Gasteiger partial charge in [0.2, 0.25) is 0 Å². The van der Waals surface area contributed by atoms with Crippen molar-refractivity contribution >= 4 is 0 Å². The van der Waals surface area contributed by atoms with Gasteiger partial charge in [-0.1, -0.05) is 30.5 Å². The fraction of sp³-hybridized carbons (Fsp3) is 0.684. The lowest BCUT2D eigenvalue weighted by molar-refractivity contribution is 0.416. The average Bonchev–Trinajstić information content (AvgIpc) is 2.29. The van der Waals surface area contributed by atoms with Gasteiger partial charge in [-0.15, -0.1) is 0 Å². The van der Waals surface area contributed by atoms with Gasteiger partial charge < -0.3 is 5.32 Å². The van der Waals surface area contributed by atoms with Crippen LogP contribution in [0.1, 0.15) is 68.7 Å². The van der Waals surface area contributed by atoms with Crippen molar-refractivity contribution in [2.24, 2.45) is 0 Å². The number of rotatable bonds is 7. The SMILES string of the molecule is Cc1cc(C)c(CCCCCCNC(C)(C)C)c(C)c1. The van der Waals surface area contributed by atoms with Gasteiger partial charge in [0, 0.05) is 5.54 Å². The number of unbranched alkanes of at least 4 members (excludes halogenated alkanes) is 3. The van der Waals surface area contributed by atoms with E-state index in [0.717, 1.165) is 6.54 Å². The first-order valence-electron chi connectivity index (χ1n) is 8.11. The van der Waals surface area contributed by atoms with Crippen LogP contribution in [0.2, 0.25) is 0 Å². The lowest BCUT2D eigenvalue weighted by Crippen LogP contribution is -2.36. The van der Waals surface area contributed by atoms with Crippen LogP contribution >= 0.6 is 0 Å². The fourth-order valence-electron chi connectivity index (χ4n) is 2.85. The van der Waals surface area contributed by atoms with Crippen LogP contribution in [0.5, 0.6) is 0 Å². The monoisotopic (exact) mass is 275 g/mol. The Labute approximate surface area is 126 Å². The highest BCUT2D eigenvalue weighted by Gasteiger charge is 2.07. The van der Waals surface area contributed by atoms with Crippen molar-refractivity contribution < 1.29 is 0 Å². The predicted molar refractivity (Wildman–Crippen MR) is 90.6 cm³/mol. The van der Waals surface area contributed by atoms with Crippen molar-refractivity contribution in [3.63, 3.8) is 0 Å². The van der Waals surface area contributed by atoms with Crippen molar-refractivity contribution in [3.8, 4) is 0 Å². The summed E-state index contributed by atoms with van der Waals surface area (Å²) < 4.78 is 0. The van der Waals surface area contributed by atoms with E-state index in [1.54, 1.807) is 5.56 Å². The molecule has 1 aromatic carbocycles. The molecule has 0 fully saturated rings. The molecule has 1 aromatic rings. The Balaban J connectivity index is 2.22. The highest BCUT2D eigenvalue weighted by Crippen LogP contribution is 2.19. The van der Waals surface area contributed by atoms with Crippen LogP contribution in [0.15, 0.2) is 12.1 Å². The van der Waals surface area contributed by atoms with E-state index in [-0.39, 0.29) is 5.54 Å². The van der Waals surface area contributed by atoms with E-state index in [9.17, 15) is 0 Å². The molecule has 0 radical (unpaired) electrons. The Hall–Kier alpha value is -0.820. The molecule has 0 aromatic heterocycles. The summed E-state index contributed by atoms with van der Waals surface area (Å²) in [6.45, 7) is 14.5. The van der Waals surface area contributed by atoms with E-state index in [1.165, 1.54) is 48.8 Å². The molecule has 1 N–H and O–H groups in total. The number of nitrogens with one attached hydrogen (secondary N) is 1. The quantitative estimate of drug-likeness (QED) is 0.682. The second kappa shape index (κ2) is 7.83. The number of benzene rings is 1. The molecule has 1 nitrogen and oxygen atoms in total. The first kappa shape index (κ1) is 17.2. The normalized spacial score (nSPS) is 11.9. The Morgan fingerprint density at radius 2 is 1.40 bits per heavy atom. The zero-order valence-corrected chi connectivity index (χ0v) is 14.4. The van der Waals surface area contributed by atoms with E-state index in [1.807, 2.05) is 0 Å². The molecule has 0 aliphatic heterocycles. The van der Waals surface area contributed by atoms with Gasteiger partial charge in [-0.25, -0.2) is 0 Å². The molecule has 0 aliphatic carbocycles. The molecular weight excluding hydrogens is 242 g/mol. The standard InChI is InChI=1S/C19H33N/c1-15-13-16(2)18(17(3)14-15)11-9-7-8-10-12-20-19(4,5)6/h13-14,20H,7-12H2,1-6H3. The lowest BCUT2D eigenvalue weighted by Gasteiger charge is -2.20. The Bertz CT molecular complexity index is 389. The fourth-order valence-corrected chi connectivity index (χ4v) is 2.85. The molecule has 1 heteroatoms. The molecule has 0 saturated carbocycles. The summed E-state index contributed by atoms with van der Waals surface area (Å²) >= 11 is 0. The van der Waals surface area contributed by atoms with Gasteiger partial charge in [0.25, 0.3) is 0 Å². The van der Waals surface area contributed by atoms with Gasteiger partial charge in [0.15, 0.2) is 0 Å². The molecule has 0 amide bonds. The molecule has 0 atom stereocenters. The molecule has 0 bridgehead atoms. The van der Waals surface area contributed by atoms with Gasteiger partial charge in [-0.05, 0) is 84.0 Å². The van der Waals surface area contributed by atoms with Crippen LogP contribution in [0.4, 0.5) is 0 Å². The van der Waals surface area contributed by atoms with E-state index < -0.39 is 0 Å². The largest absolute Gasteiger partial charge is 0.312 e. The maximum Gasteiger partial charge on any atom is 0.00965 e. The summed E-state index contributed by atoms with van der Waals surface area (Å²) in [5.41, 5.74) is 6.16. The first-order valence-corrected chi connectivity index (χ1v) is 8.11. The maximum absolute atomic E-state index is 3.55. The summed E-state index contributed by atoms with van der Waals surface area (Å²) in [5, 5.41) is 3.55. The minimum Gasteiger partial charge on any atom is -0.312 e. The highest BCUT2D eigenvalue weighted by molar-refractivity contribution is 5.37. The van der Waals surface area contributed by atoms with Gasteiger partial charge in [0.1, 0.15) is 0 Å². The Morgan fingerprint density at radius 1 is 0.850 bits per heavy atom. The van der Waals surface area contributed by atoms with Crippen LogP contribution in [-0.2, 0) is 6.42 Å². The third kappa shape index (κ3) is 6.56. The summed E-state index contributed by atoms with van der Waals surface area (Å²) in [4.78, 5) is 0. The van der Waals surface area contributed by atoms with Gasteiger partial charge >= 0.3 is 0 Å². The van der Waals surface area contributed by atoms with E-state index in [2.05, 4.69) is 59.0 Å². The zero-order valence-electron chi connectivity index (χ0n) is 14.4. The highest BCUT2D eigenvalue weighted by atomic mass is 14.9. The first-order chi connectivity index (χ1) is 9.29. The van der Waals surface area contributed by atoms with E-state index in [0.29, 0.717) is 0 Å². The molecule has 0 saturated heterocycles. The number of hydrogen-bond donors (Lipinski definition) is 1. The van der Waals surface area contributed by atoms with E-state index in [4.69, 9.17) is 0 Å². The van der Waals surface area contributed by atoms with Crippen LogP contribution in [0, 0.1) is 20.8 Å². The molecule has 20 heavy (non-hydrogen) atoms. The van der Waals surface area contributed by atoms with Crippen molar-refractivity contribution in [3.05, 3.63) is 34.4 Å². The van der Waals surface area contributed by atoms with Gasteiger partial charge in [-0.2, -0.15) is 0 Å². The lowest BCUT2D eigenvalue weighted by atomic mass is 9.95. The van der Waals surface area contributed by atoms with Crippen LogP contribution in [0.25, 0.3) is 0 Å². The molecule has 114 valence electrons. The second-order valence-corrected chi connectivity index (χ2v) is 7.22. The molecule has 0 unspecified atom stereocenters. The van der Waals surface area contributed by atoms with Crippen molar-refractivity contribution in [2.75, 3.05) is 6.54 Å². The average molecular weight is 275 g/mol. The number of hydrogen-bond acceptors (Lipinski definition) is 1. The zero-order chi connectivity index (χ0) is 15.2. The van der Waals surface area contributed by atoms with Crippen molar-refractivity contribution in [1.82, 2.24) is 5.32 Å². The minimum absolute atomic E-state index is 0.260. The smallest absolute Gasteiger partial charge is 0.00965 e. The summed E-state index contributed by atoms with van der Waals surface area (Å²) in [6.07, 6.45) is 6.54. The Kier molecular flexibility index (Phi) is 6.75. The van der Waals surface area contributed by atoms with Gasteiger partial charge in [0.05, 0.1) is 0 Å². The third-order valence-corrected chi connectivity index (χ3v) is 3.85. The summed E-state index contributed by atoms with van der Waals surface area (Å²) in [6, 6.07) is 4.63. The van der Waals surface area contributed by atoms with Gasteiger partial charge in [-0.3, -0.25) is 0 Å². The van der Waals surface area contributed by atoms with Crippen LogP contribution in [-0.4, -0.2) is 12.1 Å². The van der Waals surface area contributed by atoms with Crippen LogP contribution in [0.3, 0.4) is 0 Å². The van der Waals surface area contributed by atoms with Crippen molar-refractivity contribution in [2.45, 2.75) is 79.2 Å². The summed E-state index contributed by atoms with van der Waals surface area (Å²) in [5.74, 6) is 0. The minimum atomic E-state index is 0.260. The summed E-state index contributed by atoms with van der Waals surface area (Å²) in [7, 11) is 0. The second-order valence-electron chi connectivity index (χ2n) is 7.22. The Morgan fingerprint density at radius 3 is 1.95 bits per heavy atom.